The van der Waals surface area contributed by atoms with Crippen molar-refractivity contribution in [1.29, 1.82) is 0 Å². The van der Waals surface area contributed by atoms with E-state index in [1.807, 2.05) is 6.92 Å². The zero-order valence-corrected chi connectivity index (χ0v) is 11.3. The number of carboxylic acid groups (broad SMARTS) is 1. The van der Waals surface area contributed by atoms with Crippen LogP contribution in [0.5, 0.6) is 0 Å². The Morgan fingerprint density at radius 2 is 2.00 bits per heavy atom. The molecule has 2 saturated heterocycles. The molecule has 2 aliphatic heterocycles. The molecule has 2 atom stereocenters. The van der Waals surface area contributed by atoms with Gasteiger partial charge < -0.3 is 20.1 Å². The van der Waals surface area contributed by atoms with Crippen molar-refractivity contribution < 1.29 is 19.4 Å². The van der Waals surface area contributed by atoms with Crippen LogP contribution in [0.2, 0.25) is 0 Å². The number of urea groups is 1. The van der Waals surface area contributed by atoms with E-state index in [1.165, 1.54) is 0 Å². The van der Waals surface area contributed by atoms with E-state index in [-0.39, 0.29) is 18.0 Å². The molecule has 0 saturated carbocycles. The number of nitrogens with one attached hydrogen (secondary N) is 1. The van der Waals surface area contributed by atoms with E-state index in [1.54, 1.807) is 4.90 Å². The predicted octanol–water partition coefficient (Wildman–Crippen LogP) is 0.918. The molecular formula is C13H22N2O4. The number of aliphatic carboxylic acids is 1. The minimum atomic E-state index is -0.753. The van der Waals surface area contributed by atoms with Gasteiger partial charge in [-0.3, -0.25) is 4.79 Å². The molecule has 0 aromatic rings. The molecule has 0 radical (unpaired) electrons. The summed E-state index contributed by atoms with van der Waals surface area (Å²) in [6, 6.07) is 0.0236. The molecular weight excluding hydrogens is 248 g/mol. The normalized spacial score (nSPS) is 26.2. The third-order valence-electron chi connectivity index (χ3n) is 4.15. The zero-order chi connectivity index (χ0) is 13.8. The van der Waals surface area contributed by atoms with Gasteiger partial charge in [-0.15, -0.1) is 0 Å². The second-order valence-electron chi connectivity index (χ2n) is 5.46. The molecule has 0 spiro atoms. The van der Waals surface area contributed by atoms with Crippen LogP contribution in [0.25, 0.3) is 0 Å². The van der Waals surface area contributed by atoms with E-state index in [0.717, 1.165) is 13.0 Å². The van der Waals surface area contributed by atoms with E-state index in [4.69, 9.17) is 9.84 Å². The Morgan fingerprint density at radius 1 is 1.32 bits per heavy atom. The molecule has 2 N–H and O–H groups in total. The topological polar surface area (TPSA) is 78.9 Å². The number of nitrogens with zero attached hydrogens (tertiary/aromatic N) is 1. The Hall–Kier alpha value is -1.30. The fourth-order valence-corrected chi connectivity index (χ4v) is 2.68. The average molecular weight is 270 g/mol. The third kappa shape index (κ3) is 3.59. The number of ether oxygens (including phenoxy) is 1. The van der Waals surface area contributed by atoms with Crippen molar-refractivity contribution in [3.63, 3.8) is 0 Å². The number of hydrogen-bond donors (Lipinski definition) is 2. The van der Waals surface area contributed by atoms with Crippen LogP contribution in [-0.4, -0.2) is 54.4 Å². The van der Waals surface area contributed by atoms with Crippen LogP contribution in [0.4, 0.5) is 4.79 Å². The molecule has 108 valence electrons. The number of carbonyl (C=O) groups is 2. The molecule has 19 heavy (non-hydrogen) atoms. The second-order valence-corrected chi connectivity index (χ2v) is 5.46. The minimum absolute atomic E-state index is 0.0803. The quantitative estimate of drug-likeness (QED) is 0.799. The van der Waals surface area contributed by atoms with Crippen molar-refractivity contribution in [2.75, 3.05) is 26.3 Å². The lowest BCUT2D eigenvalue weighted by atomic mass is 9.97. The second kappa shape index (κ2) is 6.23. The summed E-state index contributed by atoms with van der Waals surface area (Å²) in [5, 5.41) is 11.9. The Bertz CT molecular complexity index is 334. The molecule has 2 fully saturated rings. The van der Waals surface area contributed by atoms with Gasteiger partial charge in [-0.1, -0.05) is 0 Å². The number of carbonyl (C=O) groups excluding carboxylic acids is 1. The summed E-state index contributed by atoms with van der Waals surface area (Å²) >= 11 is 0. The van der Waals surface area contributed by atoms with Crippen LogP contribution < -0.4 is 5.32 Å². The van der Waals surface area contributed by atoms with Crippen LogP contribution in [0.15, 0.2) is 0 Å². The largest absolute Gasteiger partial charge is 0.481 e. The summed E-state index contributed by atoms with van der Waals surface area (Å²) in [7, 11) is 0. The van der Waals surface area contributed by atoms with E-state index in [9.17, 15) is 9.59 Å². The van der Waals surface area contributed by atoms with Crippen LogP contribution in [-0.2, 0) is 9.53 Å². The van der Waals surface area contributed by atoms with Gasteiger partial charge in [-0.25, -0.2) is 4.79 Å². The highest BCUT2D eigenvalue weighted by Gasteiger charge is 2.29. The van der Waals surface area contributed by atoms with E-state index in [0.29, 0.717) is 38.5 Å². The molecule has 0 aromatic carbocycles. The van der Waals surface area contributed by atoms with Gasteiger partial charge in [0, 0.05) is 31.7 Å². The lowest BCUT2D eigenvalue weighted by Crippen LogP contribution is -2.49. The van der Waals surface area contributed by atoms with Crippen molar-refractivity contribution in [1.82, 2.24) is 10.2 Å². The fraction of sp³-hybridized carbons (Fsp3) is 0.846. The SMILES string of the molecule is CC(NC(=O)N1CCC(C(=O)O)CC1)C1CCOC1. The minimum Gasteiger partial charge on any atom is -0.481 e. The first-order valence-corrected chi connectivity index (χ1v) is 6.94. The zero-order valence-electron chi connectivity index (χ0n) is 11.3. The maximum absolute atomic E-state index is 12.1. The van der Waals surface area contributed by atoms with Crippen molar-refractivity contribution >= 4 is 12.0 Å². The molecule has 2 unspecified atom stereocenters. The van der Waals surface area contributed by atoms with Crippen LogP contribution in [0.3, 0.4) is 0 Å². The molecule has 2 rings (SSSR count). The molecule has 2 heterocycles. The Balaban J connectivity index is 1.76. The summed E-state index contributed by atoms with van der Waals surface area (Å²) in [6.45, 7) is 4.53. The van der Waals surface area contributed by atoms with E-state index >= 15 is 0 Å². The van der Waals surface area contributed by atoms with Crippen molar-refractivity contribution in [2.45, 2.75) is 32.2 Å². The lowest BCUT2D eigenvalue weighted by Gasteiger charge is -2.32. The van der Waals surface area contributed by atoms with Gasteiger partial charge in [0.25, 0.3) is 0 Å². The van der Waals surface area contributed by atoms with Gasteiger partial charge in [-0.05, 0) is 26.2 Å². The number of amides is 2. The van der Waals surface area contributed by atoms with Gasteiger partial charge in [0.15, 0.2) is 0 Å². The maximum Gasteiger partial charge on any atom is 0.317 e. The number of rotatable bonds is 3. The summed E-state index contributed by atoms with van der Waals surface area (Å²) in [5.74, 6) is -0.665. The molecule has 0 aliphatic carbocycles. The molecule has 2 aliphatic rings. The molecule has 0 bridgehead atoms. The number of likely N-dealkylation sites (tertiary alicyclic amines) is 1. The fourth-order valence-electron chi connectivity index (χ4n) is 2.68. The van der Waals surface area contributed by atoms with Crippen LogP contribution in [0.1, 0.15) is 26.2 Å². The van der Waals surface area contributed by atoms with Gasteiger partial charge in [-0.2, -0.15) is 0 Å². The Morgan fingerprint density at radius 3 is 2.53 bits per heavy atom. The van der Waals surface area contributed by atoms with Crippen LogP contribution >= 0.6 is 0 Å². The lowest BCUT2D eigenvalue weighted by molar-refractivity contribution is -0.143. The molecule has 0 aromatic heterocycles. The van der Waals surface area contributed by atoms with E-state index in [2.05, 4.69) is 5.32 Å². The standard InChI is InChI=1S/C13H22N2O4/c1-9(11-4-7-19-8-11)14-13(18)15-5-2-10(3-6-15)12(16)17/h9-11H,2-8H2,1H3,(H,14,18)(H,16,17). The van der Waals surface area contributed by atoms with Gasteiger partial charge in [0.1, 0.15) is 0 Å². The first-order valence-electron chi connectivity index (χ1n) is 6.94. The molecule has 6 nitrogen and oxygen atoms in total. The first-order chi connectivity index (χ1) is 9.08. The summed E-state index contributed by atoms with van der Waals surface area (Å²) in [6.07, 6.45) is 2.08. The first kappa shape index (κ1) is 14.1. The molecule has 2 amide bonds. The summed E-state index contributed by atoms with van der Waals surface area (Å²) < 4.78 is 5.32. The highest BCUT2D eigenvalue weighted by Crippen LogP contribution is 2.19. The van der Waals surface area contributed by atoms with E-state index < -0.39 is 5.97 Å². The average Bonchev–Trinajstić information content (AvgIpc) is 2.92. The smallest absolute Gasteiger partial charge is 0.317 e. The number of piperidine rings is 1. The van der Waals surface area contributed by atoms with Crippen LogP contribution in [0, 0.1) is 11.8 Å². The van der Waals surface area contributed by atoms with Gasteiger partial charge in [0.2, 0.25) is 0 Å². The van der Waals surface area contributed by atoms with Crippen molar-refractivity contribution in [3.05, 3.63) is 0 Å². The van der Waals surface area contributed by atoms with Gasteiger partial charge in [0.05, 0.1) is 12.5 Å². The Kier molecular flexibility index (Phi) is 4.63. The third-order valence-corrected chi connectivity index (χ3v) is 4.15. The molecule has 6 heteroatoms. The van der Waals surface area contributed by atoms with Crippen molar-refractivity contribution in [3.8, 4) is 0 Å². The maximum atomic E-state index is 12.1. The Labute approximate surface area is 113 Å². The van der Waals surface area contributed by atoms with Crippen molar-refractivity contribution in [2.24, 2.45) is 11.8 Å². The highest BCUT2D eigenvalue weighted by molar-refractivity contribution is 5.75. The number of hydrogen-bond acceptors (Lipinski definition) is 3. The highest BCUT2D eigenvalue weighted by atomic mass is 16.5. The van der Waals surface area contributed by atoms with Gasteiger partial charge >= 0.3 is 12.0 Å². The predicted molar refractivity (Wildman–Crippen MR) is 68.9 cm³/mol. The monoisotopic (exact) mass is 270 g/mol. The number of carboxylic acids is 1. The summed E-state index contributed by atoms with van der Waals surface area (Å²) in [4.78, 5) is 24.6. The summed E-state index contributed by atoms with van der Waals surface area (Å²) in [5.41, 5.74) is 0.